The summed E-state index contributed by atoms with van der Waals surface area (Å²) < 4.78 is 14.9. The van der Waals surface area contributed by atoms with Crippen molar-refractivity contribution in [3.63, 3.8) is 0 Å². The van der Waals surface area contributed by atoms with Crippen LogP contribution in [0.25, 0.3) is 0 Å². The lowest BCUT2D eigenvalue weighted by molar-refractivity contribution is -0.119. The van der Waals surface area contributed by atoms with Crippen molar-refractivity contribution in [2.24, 2.45) is 5.73 Å². The second-order valence-electron chi connectivity index (χ2n) is 5.29. The van der Waals surface area contributed by atoms with Crippen molar-refractivity contribution >= 4 is 41.2 Å². The minimum Gasteiger partial charge on any atom is -0.462 e. The lowest BCUT2D eigenvalue weighted by atomic mass is 10.1. The Morgan fingerprint density at radius 3 is 2.54 bits per heavy atom. The Balaban J connectivity index is 2.12. The number of nitrogens with one attached hydrogen (secondary N) is 1. The summed E-state index contributed by atoms with van der Waals surface area (Å²) in [5.74, 6) is -3.86. The number of esters is 2. The number of nitrogens with zero attached hydrogens (tertiary/aromatic N) is 1. The van der Waals surface area contributed by atoms with Gasteiger partial charge in [-0.2, -0.15) is 0 Å². The predicted molar refractivity (Wildman–Crippen MR) is 96.1 cm³/mol. The van der Waals surface area contributed by atoms with E-state index in [1.54, 1.807) is 6.92 Å². The average Bonchev–Trinajstić information content (AvgIpc) is 2.96. The number of amides is 2. The van der Waals surface area contributed by atoms with Crippen LogP contribution < -0.4 is 11.1 Å². The monoisotopic (exact) mass is 409 g/mol. The first kappa shape index (κ1) is 20.9. The van der Waals surface area contributed by atoms with Gasteiger partial charge in [0.2, 0.25) is 5.88 Å². The Morgan fingerprint density at radius 1 is 1.21 bits per heavy atom. The first-order valence-electron chi connectivity index (χ1n) is 7.94. The molecule has 2 heterocycles. The van der Waals surface area contributed by atoms with E-state index in [0.29, 0.717) is 0 Å². The standard InChI is InChI=1S/C17H16ClN3O7/c1-3-26-17(25)11-8(2)28-15(12(11)14(19)23)21-10(22)7-27-16(24)9-5-4-6-20-13(9)18/h4-6H,3,7H2,1-2H3,(H2,19,23)(H,21,22). The molecule has 0 atom stereocenters. The molecular formula is C17H16ClN3O7. The third kappa shape index (κ3) is 4.65. The zero-order valence-electron chi connectivity index (χ0n) is 14.9. The van der Waals surface area contributed by atoms with Crippen LogP contribution in [0.4, 0.5) is 5.88 Å². The van der Waals surface area contributed by atoms with E-state index in [2.05, 4.69) is 10.3 Å². The van der Waals surface area contributed by atoms with E-state index in [-0.39, 0.29) is 40.1 Å². The summed E-state index contributed by atoms with van der Waals surface area (Å²) in [5.41, 5.74) is 4.74. The number of pyridine rings is 1. The van der Waals surface area contributed by atoms with Crippen molar-refractivity contribution < 1.29 is 33.1 Å². The lowest BCUT2D eigenvalue weighted by Gasteiger charge is -2.06. The van der Waals surface area contributed by atoms with E-state index in [4.69, 9.17) is 31.2 Å². The van der Waals surface area contributed by atoms with Crippen molar-refractivity contribution in [3.8, 4) is 0 Å². The Hall–Kier alpha value is -3.40. The largest absolute Gasteiger partial charge is 0.462 e. The van der Waals surface area contributed by atoms with Gasteiger partial charge in [0.1, 0.15) is 22.0 Å². The topological polar surface area (TPSA) is 151 Å². The maximum atomic E-state index is 12.1. The molecule has 2 rings (SSSR count). The molecule has 0 saturated heterocycles. The molecule has 0 spiro atoms. The molecule has 0 aromatic carbocycles. The van der Waals surface area contributed by atoms with Crippen LogP contribution >= 0.6 is 11.6 Å². The summed E-state index contributed by atoms with van der Waals surface area (Å²) in [7, 11) is 0. The number of carbonyl (C=O) groups excluding carboxylic acids is 4. The second-order valence-corrected chi connectivity index (χ2v) is 5.65. The van der Waals surface area contributed by atoms with Crippen molar-refractivity contribution in [2.45, 2.75) is 13.8 Å². The van der Waals surface area contributed by atoms with Crippen LogP contribution in [0, 0.1) is 6.92 Å². The quantitative estimate of drug-likeness (QED) is 0.518. The Bertz CT molecular complexity index is 939. The summed E-state index contributed by atoms with van der Waals surface area (Å²) in [6, 6.07) is 2.85. The highest BCUT2D eigenvalue weighted by atomic mass is 35.5. The number of hydrogen-bond acceptors (Lipinski definition) is 8. The number of carbonyl (C=O) groups is 4. The number of rotatable bonds is 7. The summed E-state index contributed by atoms with van der Waals surface area (Å²) >= 11 is 5.77. The molecule has 2 aromatic rings. The van der Waals surface area contributed by atoms with E-state index in [1.165, 1.54) is 25.3 Å². The number of ether oxygens (including phenoxy) is 2. The molecule has 0 fully saturated rings. The van der Waals surface area contributed by atoms with Crippen LogP contribution in [0.3, 0.4) is 0 Å². The number of furan rings is 1. The summed E-state index contributed by atoms with van der Waals surface area (Å²) in [6.07, 6.45) is 1.39. The molecule has 2 aromatic heterocycles. The molecule has 10 nitrogen and oxygen atoms in total. The number of nitrogens with two attached hydrogens (primary N) is 1. The molecule has 0 aliphatic heterocycles. The fraction of sp³-hybridized carbons (Fsp3) is 0.235. The fourth-order valence-corrected chi connectivity index (χ4v) is 2.42. The number of anilines is 1. The van der Waals surface area contributed by atoms with E-state index in [0.717, 1.165) is 0 Å². The molecule has 0 aliphatic carbocycles. The van der Waals surface area contributed by atoms with Gasteiger partial charge in [0, 0.05) is 6.20 Å². The predicted octanol–water partition coefficient (Wildman–Crippen LogP) is 1.71. The van der Waals surface area contributed by atoms with Crippen molar-refractivity contribution in [2.75, 3.05) is 18.5 Å². The lowest BCUT2D eigenvalue weighted by Crippen LogP contribution is -2.23. The van der Waals surface area contributed by atoms with Crippen molar-refractivity contribution in [3.05, 3.63) is 45.9 Å². The van der Waals surface area contributed by atoms with Crippen LogP contribution in [0.1, 0.15) is 43.8 Å². The van der Waals surface area contributed by atoms with Gasteiger partial charge in [-0.05, 0) is 26.0 Å². The van der Waals surface area contributed by atoms with E-state index >= 15 is 0 Å². The van der Waals surface area contributed by atoms with Gasteiger partial charge in [-0.15, -0.1) is 0 Å². The third-order valence-corrected chi connectivity index (χ3v) is 3.68. The van der Waals surface area contributed by atoms with Crippen molar-refractivity contribution in [1.82, 2.24) is 4.98 Å². The Morgan fingerprint density at radius 2 is 1.93 bits per heavy atom. The van der Waals surface area contributed by atoms with Gasteiger partial charge in [-0.25, -0.2) is 14.6 Å². The number of hydrogen-bond donors (Lipinski definition) is 2. The molecule has 0 radical (unpaired) electrons. The zero-order valence-corrected chi connectivity index (χ0v) is 15.7. The van der Waals surface area contributed by atoms with Crippen LogP contribution in [0.2, 0.25) is 5.15 Å². The molecule has 0 saturated carbocycles. The number of halogens is 1. The van der Waals surface area contributed by atoms with E-state index in [9.17, 15) is 19.2 Å². The first-order valence-corrected chi connectivity index (χ1v) is 8.31. The summed E-state index contributed by atoms with van der Waals surface area (Å²) in [5, 5.41) is 2.15. The minimum absolute atomic E-state index is 0.0202. The maximum absolute atomic E-state index is 12.1. The molecule has 28 heavy (non-hydrogen) atoms. The normalized spacial score (nSPS) is 10.2. The Labute approximate surface area is 163 Å². The minimum atomic E-state index is -1.01. The maximum Gasteiger partial charge on any atom is 0.342 e. The average molecular weight is 410 g/mol. The Kier molecular flexibility index (Phi) is 6.72. The fourth-order valence-electron chi connectivity index (χ4n) is 2.23. The van der Waals surface area contributed by atoms with Gasteiger partial charge in [0.25, 0.3) is 11.8 Å². The van der Waals surface area contributed by atoms with Crippen LogP contribution in [0.5, 0.6) is 0 Å². The molecule has 11 heteroatoms. The van der Waals surface area contributed by atoms with Crippen LogP contribution in [-0.2, 0) is 14.3 Å². The van der Waals surface area contributed by atoms with Crippen LogP contribution in [0.15, 0.2) is 22.7 Å². The van der Waals surface area contributed by atoms with Gasteiger partial charge >= 0.3 is 11.9 Å². The summed E-state index contributed by atoms with van der Waals surface area (Å²) in [4.78, 5) is 51.4. The van der Waals surface area contributed by atoms with Crippen LogP contribution in [-0.4, -0.2) is 42.0 Å². The zero-order chi connectivity index (χ0) is 20.8. The number of primary amides is 1. The first-order chi connectivity index (χ1) is 13.3. The second kappa shape index (κ2) is 9.00. The van der Waals surface area contributed by atoms with E-state index in [1.807, 2.05) is 0 Å². The third-order valence-electron chi connectivity index (χ3n) is 3.38. The van der Waals surface area contributed by atoms with Crippen molar-refractivity contribution in [1.29, 1.82) is 0 Å². The molecule has 0 unspecified atom stereocenters. The van der Waals surface area contributed by atoms with Gasteiger partial charge in [-0.1, -0.05) is 11.6 Å². The van der Waals surface area contributed by atoms with Gasteiger partial charge in [0.05, 0.1) is 12.2 Å². The highest BCUT2D eigenvalue weighted by Gasteiger charge is 2.29. The number of aryl methyl sites for hydroxylation is 1. The highest BCUT2D eigenvalue weighted by molar-refractivity contribution is 6.32. The molecular weight excluding hydrogens is 394 g/mol. The van der Waals surface area contributed by atoms with Gasteiger partial charge in [-0.3, -0.25) is 14.9 Å². The SMILES string of the molecule is CCOC(=O)c1c(C)oc(NC(=O)COC(=O)c2cccnc2Cl)c1C(N)=O. The molecule has 0 aliphatic rings. The van der Waals surface area contributed by atoms with Gasteiger partial charge in [0.15, 0.2) is 6.61 Å². The molecule has 148 valence electrons. The number of aromatic nitrogens is 1. The highest BCUT2D eigenvalue weighted by Crippen LogP contribution is 2.27. The van der Waals surface area contributed by atoms with E-state index < -0.39 is 30.4 Å². The van der Waals surface area contributed by atoms with Gasteiger partial charge < -0.3 is 19.6 Å². The molecule has 3 N–H and O–H groups in total. The summed E-state index contributed by atoms with van der Waals surface area (Å²) in [6.45, 7) is 2.34. The smallest absolute Gasteiger partial charge is 0.342 e. The molecule has 2 amide bonds. The molecule has 0 bridgehead atoms.